The van der Waals surface area contributed by atoms with Crippen LogP contribution in [-0.2, 0) is 0 Å². The van der Waals surface area contributed by atoms with Crippen LogP contribution in [0.4, 0.5) is 13.2 Å². The van der Waals surface area contributed by atoms with Gasteiger partial charge in [-0.2, -0.15) is 13.2 Å². The minimum absolute atomic E-state index is 0.0378. The fourth-order valence-electron chi connectivity index (χ4n) is 3.87. The first-order chi connectivity index (χ1) is 7.41. The first-order valence-electron chi connectivity index (χ1n) is 6.48. The molecule has 0 saturated carbocycles. The van der Waals surface area contributed by atoms with E-state index in [1.165, 1.54) is 19.8 Å². The number of rotatable bonds is 2. The van der Waals surface area contributed by atoms with Crippen molar-refractivity contribution in [3.05, 3.63) is 0 Å². The minimum atomic E-state index is -4.00. The highest BCUT2D eigenvalue weighted by Crippen LogP contribution is 2.55. The lowest BCUT2D eigenvalue weighted by molar-refractivity contribution is -0.174. The zero-order valence-corrected chi connectivity index (χ0v) is 9.95. The number of halogens is 3. The summed E-state index contributed by atoms with van der Waals surface area (Å²) in [7, 11) is 1.06. The second kappa shape index (κ2) is 4.27. The molecular formula is C12H20BF3. The van der Waals surface area contributed by atoms with Crippen LogP contribution in [0.2, 0.25) is 11.1 Å². The number of fused-ring (bicyclic) bond motifs is 2. The van der Waals surface area contributed by atoms with Crippen molar-refractivity contribution in [1.82, 2.24) is 0 Å². The van der Waals surface area contributed by atoms with Gasteiger partial charge in [0.1, 0.15) is 7.28 Å². The summed E-state index contributed by atoms with van der Waals surface area (Å²) in [5.41, 5.74) is 0. The predicted octanol–water partition coefficient (Wildman–Crippen LogP) is 4.33. The van der Waals surface area contributed by atoms with E-state index in [1.54, 1.807) is 0 Å². The molecule has 2 aliphatic heterocycles. The van der Waals surface area contributed by atoms with Gasteiger partial charge in [0.2, 0.25) is 0 Å². The average molecular weight is 232 g/mol. The molecule has 0 amide bonds. The van der Waals surface area contributed by atoms with Crippen LogP contribution in [0, 0.1) is 5.92 Å². The van der Waals surface area contributed by atoms with E-state index in [9.17, 15) is 13.2 Å². The van der Waals surface area contributed by atoms with E-state index in [0.29, 0.717) is 6.42 Å². The SMILES string of the molecule is CC(CC12BC(CCC1)CCC2)C(F)(F)F. The van der Waals surface area contributed by atoms with E-state index in [1.807, 2.05) is 0 Å². The molecule has 0 aromatic heterocycles. The van der Waals surface area contributed by atoms with Crippen LogP contribution < -0.4 is 0 Å². The molecular weight excluding hydrogens is 212 g/mol. The van der Waals surface area contributed by atoms with Crippen LogP contribution in [0.25, 0.3) is 0 Å². The Kier molecular flexibility index (Phi) is 3.28. The molecule has 2 aliphatic rings. The van der Waals surface area contributed by atoms with E-state index in [2.05, 4.69) is 0 Å². The van der Waals surface area contributed by atoms with Crippen molar-refractivity contribution in [3.8, 4) is 0 Å². The molecule has 0 aliphatic carbocycles. The summed E-state index contributed by atoms with van der Waals surface area (Å²) >= 11 is 0. The first-order valence-corrected chi connectivity index (χ1v) is 6.48. The van der Waals surface area contributed by atoms with Gasteiger partial charge in [0.05, 0.1) is 5.92 Å². The summed E-state index contributed by atoms with van der Waals surface area (Å²) in [6.45, 7) is 1.35. The van der Waals surface area contributed by atoms with Gasteiger partial charge in [-0.3, -0.25) is 0 Å². The highest BCUT2D eigenvalue weighted by atomic mass is 19.4. The van der Waals surface area contributed by atoms with Gasteiger partial charge in [-0.1, -0.05) is 56.6 Å². The molecule has 16 heavy (non-hydrogen) atoms. The largest absolute Gasteiger partial charge is 0.391 e. The highest BCUT2D eigenvalue weighted by Gasteiger charge is 2.46. The second-order valence-electron chi connectivity index (χ2n) is 6.00. The van der Waals surface area contributed by atoms with Gasteiger partial charge >= 0.3 is 6.18 Å². The average Bonchev–Trinajstić information content (AvgIpc) is 2.15. The maximum absolute atomic E-state index is 12.6. The lowest BCUT2D eigenvalue weighted by Gasteiger charge is -2.46. The molecule has 4 heteroatoms. The van der Waals surface area contributed by atoms with Crippen molar-refractivity contribution in [3.63, 3.8) is 0 Å². The van der Waals surface area contributed by atoms with Crippen molar-refractivity contribution < 1.29 is 13.2 Å². The monoisotopic (exact) mass is 232 g/mol. The zero-order valence-electron chi connectivity index (χ0n) is 9.95. The lowest BCUT2D eigenvalue weighted by atomic mass is 9.34. The van der Waals surface area contributed by atoms with Crippen molar-refractivity contribution in [2.45, 2.75) is 69.2 Å². The Labute approximate surface area is 96.2 Å². The van der Waals surface area contributed by atoms with Crippen LogP contribution in [0.15, 0.2) is 0 Å². The van der Waals surface area contributed by atoms with Crippen LogP contribution in [0.3, 0.4) is 0 Å². The molecule has 2 bridgehead atoms. The topological polar surface area (TPSA) is 0 Å². The van der Waals surface area contributed by atoms with Crippen molar-refractivity contribution >= 4 is 7.28 Å². The van der Waals surface area contributed by atoms with E-state index in [0.717, 1.165) is 38.8 Å². The second-order valence-corrected chi connectivity index (χ2v) is 6.00. The maximum atomic E-state index is 12.6. The van der Waals surface area contributed by atoms with Gasteiger partial charge in [0, 0.05) is 0 Å². The number of hydrogen-bond donors (Lipinski definition) is 0. The third kappa shape index (κ3) is 2.57. The summed E-state index contributed by atoms with van der Waals surface area (Å²) in [4.78, 5) is 0. The fourth-order valence-corrected chi connectivity index (χ4v) is 3.87. The molecule has 0 nitrogen and oxygen atoms in total. The minimum Gasteiger partial charge on any atom is -0.171 e. The predicted molar refractivity (Wildman–Crippen MR) is 61.1 cm³/mol. The standard InChI is InChI=1S/C12H20BF3/c1-9(12(14,15)16)8-11-6-2-4-10(13-11)5-3-7-11/h9-10,13H,2-8H2,1H3. The first kappa shape index (κ1) is 12.3. The Morgan fingerprint density at radius 3 is 2.31 bits per heavy atom. The summed E-state index contributed by atoms with van der Waals surface area (Å²) in [6, 6.07) is 0. The number of hydrogen-bond acceptors (Lipinski definition) is 0. The third-order valence-corrected chi connectivity index (χ3v) is 4.66. The van der Waals surface area contributed by atoms with Crippen LogP contribution in [-0.4, -0.2) is 13.5 Å². The molecule has 1 atom stereocenters. The molecule has 92 valence electrons. The molecule has 2 saturated heterocycles. The summed E-state index contributed by atoms with van der Waals surface area (Å²) in [5, 5.41) is 0.0378. The molecule has 2 heterocycles. The van der Waals surface area contributed by atoms with Crippen molar-refractivity contribution in [1.29, 1.82) is 0 Å². The Morgan fingerprint density at radius 1 is 1.25 bits per heavy atom. The van der Waals surface area contributed by atoms with Gasteiger partial charge < -0.3 is 0 Å². The number of alkyl halides is 3. The Balaban J connectivity index is 2.01. The highest BCUT2D eigenvalue weighted by molar-refractivity contribution is 6.42. The summed E-state index contributed by atoms with van der Waals surface area (Å²) in [5.74, 6) is -0.396. The van der Waals surface area contributed by atoms with E-state index < -0.39 is 12.1 Å². The van der Waals surface area contributed by atoms with E-state index in [4.69, 9.17) is 0 Å². The Hall–Kier alpha value is -0.145. The van der Waals surface area contributed by atoms with E-state index >= 15 is 0 Å². The normalized spacial score (nSPS) is 36.6. The molecule has 2 rings (SSSR count). The Bertz CT molecular complexity index is 239. The third-order valence-electron chi connectivity index (χ3n) is 4.66. The van der Waals surface area contributed by atoms with Crippen molar-refractivity contribution in [2.24, 2.45) is 5.92 Å². The van der Waals surface area contributed by atoms with Crippen molar-refractivity contribution in [2.75, 3.05) is 0 Å². The molecule has 0 aromatic carbocycles. The van der Waals surface area contributed by atoms with Crippen LogP contribution in [0.1, 0.15) is 51.9 Å². The molecule has 0 aromatic rings. The molecule has 0 spiro atoms. The molecule has 0 radical (unpaired) electrons. The zero-order chi connectivity index (χ0) is 11.8. The maximum Gasteiger partial charge on any atom is 0.391 e. The lowest BCUT2D eigenvalue weighted by Crippen LogP contribution is -2.36. The fraction of sp³-hybridized carbons (Fsp3) is 1.00. The van der Waals surface area contributed by atoms with Crippen LogP contribution in [0.5, 0.6) is 0 Å². The molecule has 2 fully saturated rings. The van der Waals surface area contributed by atoms with Gasteiger partial charge in [0.15, 0.2) is 0 Å². The summed E-state index contributed by atoms with van der Waals surface area (Å²) < 4.78 is 37.9. The molecule has 0 N–H and O–H groups in total. The van der Waals surface area contributed by atoms with E-state index in [-0.39, 0.29) is 5.31 Å². The van der Waals surface area contributed by atoms with Crippen LogP contribution >= 0.6 is 0 Å². The van der Waals surface area contributed by atoms with Gasteiger partial charge in [-0.15, -0.1) is 0 Å². The molecule has 1 unspecified atom stereocenters. The van der Waals surface area contributed by atoms with Gasteiger partial charge in [0.25, 0.3) is 0 Å². The van der Waals surface area contributed by atoms with Gasteiger partial charge in [-0.05, 0) is 6.42 Å². The Morgan fingerprint density at radius 2 is 1.81 bits per heavy atom. The smallest absolute Gasteiger partial charge is 0.171 e. The quantitative estimate of drug-likeness (QED) is 0.621. The van der Waals surface area contributed by atoms with Gasteiger partial charge in [-0.25, -0.2) is 0 Å². The summed E-state index contributed by atoms with van der Waals surface area (Å²) in [6.07, 6.45) is 3.23.